The maximum absolute atomic E-state index is 14.0. The summed E-state index contributed by atoms with van der Waals surface area (Å²) < 4.78 is 44.3. The third-order valence-corrected chi connectivity index (χ3v) is 5.36. The Bertz CT molecular complexity index is 882. The Kier molecular flexibility index (Phi) is 5.76. The van der Waals surface area contributed by atoms with E-state index in [1.165, 1.54) is 21.2 Å². The third kappa shape index (κ3) is 4.34. The van der Waals surface area contributed by atoms with Crippen molar-refractivity contribution >= 4 is 15.9 Å². The first-order chi connectivity index (χ1) is 11.8. The van der Waals surface area contributed by atoms with Gasteiger partial charge in [-0.2, -0.15) is 0 Å². The zero-order chi connectivity index (χ0) is 18.6. The first-order valence-electron chi connectivity index (χ1n) is 7.39. The van der Waals surface area contributed by atoms with Gasteiger partial charge < -0.3 is 10.1 Å². The number of amides is 1. The Morgan fingerprint density at radius 2 is 1.92 bits per heavy atom. The van der Waals surface area contributed by atoms with Gasteiger partial charge in [-0.05, 0) is 35.9 Å². The lowest BCUT2D eigenvalue weighted by molar-refractivity contribution is 0.0946. The number of rotatable bonds is 6. The Hall–Kier alpha value is -2.45. The van der Waals surface area contributed by atoms with Gasteiger partial charge in [-0.25, -0.2) is 17.1 Å². The fourth-order valence-corrected chi connectivity index (χ4v) is 3.04. The number of hydrogen-bond acceptors (Lipinski definition) is 4. The van der Waals surface area contributed by atoms with Crippen molar-refractivity contribution in [3.8, 4) is 5.75 Å². The summed E-state index contributed by atoms with van der Waals surface area (Å²) in [5.41, 5.74) is 0.441. The molecular formula is C17H19FN2O4S. The molecule has 8 heteroatoms. The predicted octanol–water partition coefficient (Wildman–Crippen LogP) is 2.01. The molecular weight excluding hydrogens is 347 g/mol. The van der Waals surface area contributed by atoms with Gasteiger partial charge in [0, 0.05) is 20.6 Å². The minimum absolute atomic E-state index is 0.148. The third-order valence-electron chi connectivity index (χ3n) is 3.55. The topological polar surface area (TPSA) is 75.7 Å². The Morgan fingerprint density at radius 1 is 1.20 bits per heavy atom. The number of carbonyl (C=O) groups is 1. The molecule has 1 amide bonds. The molecule has 0 aliphatic rings. The van der Waals surface area contributed by atoms with Crippen molar-refractivity contribution in [1.82, 2.24) is 9.62 Å². The van der Waals surface area contributed by atoms with Crippen LogP contribution in [0.2, 0.25) is 0 Å². The fraction of sp³-hybridized carbons (Fsp3) is 0.235. The smallest absolute Gasteiger partial charge is 0.254 e. The SMILES string of the molecule is COc1cccc(CNC(=O)c2cc(S(=O)(=O)N(C)C)ccc2F)c1. The monoisotopic (exact) mass is 366 g/mol. The van der Waals surface area contributed by atoms with Crippen LogP contribution in [0.1, 0.15) is 15.9 Å². The normalized spacial score (nSPS) is 11.4. The van der Waals surface area contributed by atoms with Gasteiger partial charge in [-0.15, -0.1) is 0 Å². The summed E-state index contributed by atoms with van der Waals surface area (Å²) in [7, 11) is 0.501. The molecule has 0 radical (unpaired) electrons. The number of nitrogens with zero attached hydrogens (tertiary/aromatic N) is 1. The Balaban J connectivity index is 2.21. The molecule has 0 aliphatic carbocycles. The van der Waals surface area contributed by atoms with Crippen molar-refractivity contribution in [2.75, 3.05) is 21.2 Å². The molecule has 0 saturated carbocycles. The number of sulfonamides is 1. The van der Waals surface area contributed by atoms with Gasteiger partial charge in [0.15, 0.2) is 0 Å². The van der Waals surface area contributed by atoms with Gasteiger partial charge in [0.25, 0.3) is 5.91 Å². The van der Waals surface area contributed by atoms with Crippen LogP contribution in [0.3, 0.4) is 0 Å². The van der Waals surface area contributed by atoms with Gasteiger partial charge in [0.2, 0.25) is 10.0 Å². The van der Waals surface area contributed by atoms with E-state index in [2.05, 4.69) is 5.32 Å². The highest BCUT2D eigenvalue weighted by Gasteiger charge is 2.21. The zero-order valence-electron chi connectivity index (χ0n) is 14.1. The van der Waals surface area contributed by atoms with Crippen LogP contribution in [0.5, 0.6) is 5.75 Å². The van der Waals surface area contributed by atoms with Crippen molar-refractivity contribution in [3.63, 3.8) is 0 Å². The van der Waals surface area contributed by atoms with Gasteiger partial charge in [-0.3, -0.25) is 4.79 Å². The lowest BCUT2D eigenvalue weighted by atomic mass is 10.1. The van der Waals surface area contributed by atoms with E-state index in [1.807, 2.05) is 0 Å². The molecule has 0 heterocycles. The van der Waals surface area contributed by atoms with Crippen LogP contribution in [0.4, 0.5) is 4.39 Å². The average molecular weight is 366 g/mol. The highest BCUT2D eigenvalue weighted by Crippen LogP contribution is 2.18. The van der Waals surface area contributed by atoms with Gasteiger partial charge in [0.1, 0.15) is 11.6 Å². The summed E-state index contributed by atoms with van der Waals surface area (Å²) in [5.74, 6) is -0.853. The number of nitrogens with one attached hydrogen (secondary N) is 1. The molecule has 0 saturated heterocycles. The van der Waals surface area contributed by atoms with Crippen molar-refractivity contribution in [2.24, 2.45) is 0 Å². The number of benzene rings is 2. The van der Waals surface area contributed by atoms with E-state index in [-0.39, 0.29) is 17.0 Å². The molecule has 2 aromatic carbocycles. The van der Waals surface area contributed by atoms with E-state index in [0.717, 1.165) is 28.1 Å². The van der Waals surface area contributed by atoms with Crippen LogP contribution in [-0.4, -0.2) is 39.8 Å². The second kappa shape index (κ2) is 7.62. The second-order valence-corrected chi connectivity index (χ2v) is 7.62. The maximum atomic E-state index is 14.0. The molecule has 0 unspecified atom stereocenters. The van der Waals surface area contributed by atoms with Crippen molar-refractivity contribution < 1.29 is 22.3 Å². The largest absolute Gasteiger partial charge is 0.497 e. The molecule has 0 spiro atoms. The number of hydrogen-bond donors (Lipinski definition) is 1. The van der Waals surface area contributed by atoms with Crippen LogP contribution in [-0.2, 0) is 16.6 Å². The van der Waals surface area contributed by atoms with E-state index in [0.29, 0.717) is 5.75 Å². The molecule has 2 rings (SSSR count). The van der Waals surface area contributed by atoms with Crippen molar-refractivity contribution in [3.05, 3.63) is 59.4 Å². The Morgan fingerprint density at radius 3 is 2.56 bits per heavy atom. The van der Waals surface area contributed by atoms with Gasteiger partial charge in [-0.1, -0.05) is 12.1 Å². The summed E-state index contributed by atoms with van der Waals surface area (Å²) in [6.45, 7) is 0.153. The summed E-state index contributed by atoms with van der Waals surface area (Å²) in [6.07, 6.45) is 0. The lowest BCUT2D eigenvalue weighted by Gasteiger charge is -2.13. The Labute approximate surface area is 146 Å². The summed E-state index contributed by atoms with van der Waals surface area (Å²) in [6, 6.07) is 10.2. The number of halogens is 1. The van der Waals surface area contributed by atoms with Crippen LogP contribution in [0.25, 0.3) is 0 Å². The molecule has 2 aromatic rings. The first-order valence-corrected chi connectivity index (χ1v) is 8.83. The average Bonchev–Trinajstić information content (AvgIpc) is 2.59. The number of methoxy groups -OCH3 is 1. The quantitative estimate of drug-likeness (QED) is 0.849. The minimum atomic E-state index is -3.76. The van der Waals surface area contributed by atoms with Crippen LogP contribution in [0, 0.1) is 5.82 Å². The molecule has 1 N–H and O–H groups in total. The van der Waals surface area contributed by atoms with E-state index in [1.54, 1.807) is 24.3 Å². The maximum Gasteiger partial charge on any atom is 0.254 e. The number of carbonyl (C=O) groups excluding carboxylic acids is 1. The molecule has 0 aromatic heterocycles. The predicted molar refractivity (Wildman–Crippen MR) is 91.4 cm³/mol. The van der Waals surface area contributed by atoms with Gasteiger partial charge in [0.05, 0.1) is 17.6 Å². The first kappa shape index (κ1) is 18.9. The van der Waals surface area contributed by atoms with Crippen LogP contribution in [0.15, 0.2) is 47.4 Å². The van der Waals surface area contributed by atoms with E-state index in [9.17, 15) is 17.6 Å². The van der Waals surface area contributed by atoms with E-state index >= 15 is 0 Å². The van der Waals surface area contributed by atoms with Gasteiger partial charge >= 0.3 is 0 Å². The van der Waals surface area contributed by atoms with E-state index < -0.39 is 21.7 Å². The zero-order valence-corrected chi connectivity index (χ0v) is 14.9. The fourth-order valence-electron chi connectivity index (χ4n) is 2.11. The standard InChI is InChI=1S/C17H19FN2O4S/c1-20(2)25(22,23)14-7-8-16(18)15(10-14)17(21)19-11-12-5-4-6-13(9-12)24-3/h4-10H,11H2,1-3H3,(H,19,21). The highest BCUT2D eigenvalue weighted by molar-refractivity contribution is 7.89. The molecule has 0 bridgehead atoms. The summed E-state index contributed by atoms with van der Waals surface area (Å²) in [4.78, 5) is 12.1. The minimum Gasteiger partial charge on any atom is -0.497 e. The molecule has 6 nitrogen and oxygen atoms in total. The molecule has 0 fully saturated rings. The second-order valence-electron chi connectivity index (χ2n) is 5.46. The van der Waals surface area contributed by atoms with E-state index in [4.69, 9.17) is 4.74 Å². The molecule has 25 heavy (non-hydrogen) atoms. The van der Waals surface area contributed by atoms with Crippen LogP contribution < -0.4 is 10.1 Å². The van der Waals surface area contributed by atoms with Crippen molar-refractivity contribution in [2.45, 2.75) is 11.4 Å². The molecule has 0 atom stereocenters. The number of ether oxygens (including phenoxy) is 1. The summed E-state index contributed by atoms with van der Waals surface area (Å²) in [5, 5.41) is 2.57. The molecule has 0 aliphatic heterocycles. The lowest BCUT2D eigenvalue weighted by Crippen LogP contribution is -2.26. The molecule has 134 valence electrons. The summed E-state index contributed by atoms with van der Waals surface area (Å²) >= 11 is 0. The highest BCUT2D eigenvalue weighted by atomic mass is 32.2. The van der Waals surface area contributed by atoms with Crippen molar-refractivity contribution in [1.29, 1.82) is 0 Å². The van der Waals surface area contributed by atoms with Crippen LogP contribution >= 0.6 is 0 Å².